The molecular formula is C21H13FN4OS2. The molecule has 1 amide bonds. The van der Waals surface area contributed by atoms with Gasteiger partial charge < -0.3 is 0 Å². The van der Waals surface area contributed by atoms with E-state index in [1.54, 1.807) is 18.3 Å². The summed E-state index contributed by atoms with van der Waals surface area (Å²) in [5, 5.41) is 0.780. The molecule has 5 nitrogen and oxygen atoms in total. The van der Waals surface area contributed by atoms with E-state index in [4.69, 9.17) is 0 Å². The van der Waals surface area contributed by atoms with Crippen LogP contribution in [0.5, 0.6) is 0 Å². The summed E-state index contributed by atoms with van der Waals surface area (Å²) >= 11 is 2.60. The van der Waals surface area contributed by atoms with E-state index in [1.807, 2.05) is 42.5 Å². The number of benzene rings is 2. The second-order valence-electron chi connectivity index (χ2n) is 6.28. The molecule has 0 saturated carbocycles. The molecule has 0 saturated heterocycles. The molecule has 3 aromatic heterocycles. The molecule has 0 radical (unpaired) electrons. The monoisotopic (exact) mass is 420 g/mol. The second-order valence-corrected chi connectivity index (χ2v) is 8.32. The smallest absolute Gasteiger partial charge is 0.276 e. The summed E-state index contributed by atoms with van der Waals surface area (Å²) in [7, 11) is 0. The van der Waals surface area contributed by atoms with E-state index in [1.165, 1.54) is 33.6 Å². The number of hydrogen-bond donors (Lipinski definition) is 0. The SMILES string of the molecule is O=C(c1nc2ccccc2s1)N(Cc1ccccn1)c1nc2c(F)cccc2s1. The number of amides is 1. The van der Waals surface area contributed by atoms with Crippen molar-refractivity contribution in [1.82, 2.24) is 15.0 Å². The second kappa shape index (κ2) is 7.31. The summed E-state index contributed by atoms with van der Waals surface area (Å²) in [4.78, 5) is 28.1. The summed E-state index contributed by atoms with van der Waals surface area (Å²) in [5.74, 6) is -0.688. The molecule has 2 aromatic carbocycles. The topological polar surface area (TPSA) is 59.0 Å². The van der Waals surface area contributed by atoms with Gasteiger partial charge in [0.2, 0.25) is 0 Å². The fourth-order valence-electron chi connectivity index (χ4n) is 2.98. The van der Waals surface area contributed by atoms with Gasteiger partial charge in [0.05, 0.1) is 27.2 Å². The normalized spacial score (nSPS) is 11.2. The van der Waals surface area contributed by atoms with Gasteiger partial charge in [-0.2, -0.15) is 0 Å². The summed E-state index contributed by atoms with van der Waals surface area (Å²) in [6.07, 6.45) is 1.67. The van der Waals surface area contributed by atoms with Gasteiger partial charge in [0, 0.05) is 6.20 Å². The number of fused-ring (bicyclic) bond motifs is 2. The van der Waals surface area contributed by atoms with Gasteiger partial charge >= 0.3 is 0 Å². The van der Waals surface area contributed by atoms with Crippen LogP contribution < -0.4 is 4.90 Å². The Morgan fingerprint density at radius 1 is 0.931 bits per heavy atom. The molecule has 29 heavy (non-hydrogen) atoms. The van der Waals surface area contributed by atoms with Gasteiger partial charge in [0.25, 0.3) is 5.91 Å². The fraction of sp³-hybridized carbons (Fsp3) is 0.0476. The van der Waals surface area contributed by atoms with E-state index in [2.05, 4.69) is 15.0 Å². The molecule has 142 valence electrons. The fourth-order valence-corrected chi connectivity index (χ4v) is 4.87. The Bertz CT molecular complexity index is 1300. The van der Waals surface area contributed by atoms with Gasteiger partial charge in [-0.05, 0) is 36.4 Å². The Morgan fingerprint density at radius 2 is 1.76 bits per heavy atom. The van der Waals surface area contributed by atoms with Crippen molar-refractivity contribution in [3.63, 3.8) is 0 Å². The molecule has 0 aliphatic heterocycles. The molecule has 0 atom stereocenters. The summed E-state index contributed by atoms with van der Waals surface area (Å²) in [6.45, 7) is 0.219. The molecule has 0 aliphatic rings. The van der Waals surface area contributed by atoms with Gasteiger partial charge in [0.15, 0.2) is 10.1 Å². The van der Waals surface area contributed by atoms with Crippen LogP contribution in [0.4, 0.5) is 9.52 Å². The van der Waals surface area contributed by atoms with Crippen LogP contribution >= 0.6 is 22.7 Å². The molecule has 8 heteroatoms. The van der Waals surface area contributed by atoms with Crippen molar-refractivity contribution in [2.75, 3.05) is 4.90 Å². The lowest BCUT2D eigenvalue weighted by atomic mass is 10.3. The quantitative estimate of drug-likeness (QED) is 0.397. The lowest BCUT2D eigenvalue weighted by Crippen LogP contribution is -2.30. The van der Waals surface area contributed by atoms with E-state index in [-0.39, 0.29) is 18.0 Å². The zero-order valence-electron chi connectivity index (χ0n) is 14.9. The van der Waals surface area contributed by atoms with E-state index >= 15 is 0 Å². The van der Waals surface area contributed by atoms with Crippen molar-refractivity contribution >= 4 is 54.1 Å². The lowest BCUT2D eigenvalue weighted by Gasteiger charge is -2.18. The molecule has 0 aliphatic carbocycles. The van der Waals surface area contributed by atoms with E-state index < -0.39 is 5.82 Å². The predicted octanol–water partition coefficient (Wildman–Crippen LogP) is 5.29. The van der Waals surface area contributed by atoms with E-state index in [9.17, 15) is 9.18 Å². The molecule has 3 heterocycles. The Kier molecular flexibility index (Phi) is 4.49. The van der Waals surface area contributed by atoms with Crippen LogP contribution in [0.1, 0.15) is 15.5 Å². The first kappa shape index (κ1) is 17.8. The van der Waals surface area contributed by atoms with Crippen molar-refractivity contribution in [3.05, 3.63) is 83.4 Å². The van der Waals surface area contributed by atoms with Gasteiger partial charge in [0.1, 0.15) is 11.3 Å². The highest BCUT2D eigenvalue weighted by molar-refractivity contribution is 7.22. The van der Waals surface area contributed by atoms with Crippen LogP contribution in [0, 0.1) is 5.82 Å². The lowest BCUT2D eigenvalue weighted by molar-refractivity contribution is 0.0984. The number of carbonyl (C=O) groups is 1. The molecule has 0 N–H and O–H groups in total. The number of pyridine rings is 1. The van der Waals surface area contributed by atoms with Crippen LogP contribution in [0.3, 0.4) is 0 Å². The minimum atomic E-state index is -0.407. The molecule has 5 aromatic rings. The molecule has 0 fully saturated rings. The van der Waals surface area contributed by atoms with Crippen LogP contribution in [-0.2, 0) is 6.54 Å². The van der Waals surface area contributed by atoms with E-state index in [0.717, 1.165) is 10.2 Å². The van der Waals surface area contributed by atoms with Crippen LogP contribution in [0.15, 0.2) is 66.9 Å². The third kappa shape index (κ3) is 3.37. The van der Waals surface area contributed by atoms with Crippen LogP contribution in [-0.4, -0.2) is 20.9 Å². The Labute approximate surface area is 173 Å². The average Bonchev–Trinajstić information content (AvgIpc) is 3.37. The predicted molar refractivity (Wildman–Crippen MR) is 114 cm³/mol. The Balaban J connectivity index is 1.60. The number of hydrogen-bond acceptors (Lipinski definition) is 6. The van der Waals surface area contributed by atoms with Crippen molar-refractivity contribution in [1.29, 1.82) is 0 Å². The maximum atomic E-state index is 14.2. The number of thiazole rings is 2. The highest BCUT2D eigenvalue weighted by Crippen LogP contribution is 2.33. The van der Waals surface area contributed by atoms with Gasteiger partial charge in [-0.1, -0.05) is 35.6 Å². The van der Waals surface area contributed by atoms with Crippen LogP contribution in [0.2, 0.25) is 0 Å². The summed E-state index contributed by atoms with van der Waals surface area (Å²) < 4.78 is 15.8. The van der Waals surface area contributed by atoms with E-state index in [0.29, 0.717) is 20.5 Å². The highest BCUT2D eigenvalue weighted by atomic mass is 32.1. The van der Waals surface area contributed by atoms with Crippen molar-refractivity contribution in [2.24, 2.45) is 0 Å². The van der Waals surface area contributed by atoms with Crippen molar-refractivity contribution < 1.29 is 9.18 Å². The summed E-state index contributed by atoms with van der Waals surface area (Å²) in [6, 6.07) is 17.9. The van der Waals surface area contributed by atoms with Gasteiger partial charge in [-0.3, -0.25) is 14.7 Å². The summed E-state index contributed by atoms with van der Waals surface area (Å²) in [5.41, 5.74) is 1.74. The zero-order valence-corrected chi connectivity index (χ0v) is 16.6. The largest absolute Gasteiger partial charge is 0.289 e. The molecule has 5 rings (SSSR count). The number of carbonyl (C=O) groups excluding carboxylic acids is 1. The Morgan fingerprint density at radius 3 is 2.55 bits per heavy atom. The number of anilines is 1. The first-order chi connectivity index (χ1) is 14.2. The molecule has 0 unspecified atom stereocenters. The molecular weight excluding hydrogens is 407 g/mol. The first-order valence-electron chi connectivity index (χ1n) is 8.81. The maximum absolute atomic E-state index is 14.2. The minimum absolute atomic E-state index is 0.219. The number of aromatic nitrogens is 3. The molecule has 0 spiro atoms. The molecule has 0 bridgehead atoms. The number of rotatable bonds is 4. The number of halogens is 1. The number of para-hydroxylation sites is 2. The number of nitrogens with zero attached hydrogens (tertiary/aromatic N) is 4. The zero-order chi connectivity index (χ0) is 19.8. The third-order valence-corrected chi connectivity index (χ3v) is 6.43. The minimum Gasteiger partial charge on any atom is -0.276 e. The van der Waals surface area contributed by atoms with Crippen molar-refractivity contribution in [2.45, 2.75) is 6.54 Å². The maximum Gasteiger partial charge on any atom is 0.289 e. The Hall–Kier alpha value is -3.23. The standard InChI is InChI=1S/C21H13FN4OS2/c22-14-7-5-10-17-18(14)25-21(29-17)26(12-13-6-3-4-11-23-13)20(27)19-24-15-8-1-2-9-16(15)28-19/h1-11H,12H2. The first-order valence-corrected chi connectivity index (χ1v) is 10.4. The van der Waals surface area contributed by atoms with Gasteiger partial charge in [-0.15, -0.1) is 11.3 Å². The average molecular weight is 420 g/mol. The van der Waals surface area contributed by atoms with Crippen molar-refractivity contribution in [3.8, 4) is 0 Å². The highest BCUT2D eigenvalue weighted by Gasteiger charge is 2.25. The third-order valence-electron chi connectivity index (χ3n) is 4.36. The van der Waals surface area contributed by atoms with Gasteiger partial charge in [-0.25, -0.2) is 14.4 Å². The van der Waals surface area contributed by atoms with Crippen LogP contribution in [0.25, 0.3) is 20.4 Å².